The van der Waals surface area contributed by atoms with E-state index in [1.54, 1.807) is 0 Å². The van der Waals surface area contributed by atoms with Crippen LogP contribution in [0.4, 0.5) is 0 Å². The summed E-state index contributed by atoms with van der Waals surface area (Å²) in [4.78, 5) is 4.28. The summed E-state index contributed by atoms with van der Waals surface area (Å²) in [6.45, 7) is 8.46. The predicted octanol–water partition coefficient (Wildman–Crippen LogP) is 5.98. The van der Waals surface area contributed by atoms with Gasteiger partial charge in [0.2, 0.25) is 0 Å². The topological polar surface area (TPSA) is 27.1 Å². The predicted molar refractivity (Wildman–Crippen MR) is 117 cm³/mol. The molecular formula is C26H36N2O. The molecule has 1 heterocycles. The molecule has 0 N–H and O–H groups in total. The highest BCUT2D eigenvalue weighted by Crippen LogP contribution is 2.62. The smallest absolute Gasteiger partial charge is 0.0946 e. The van der Waals surface area contributed by atoms with Crippen LogP contribution < -0.4 is 0 Å². The Labute approximate surface area is 175 Å². The highest BCUT2D eigenvalue weighted by Gasteiger charge is 2.54. The molecule has 4 aliphatic carbocycles. The van der Waals surface area contributed by atoms with E-state index in [0.717, 1.165) is 24.3 Å². The van der Waals surface area contributed by atoms with Crippen LogP contribution in [0.5, 0.6) is 0 Å². The van der Waals surface area contributed by atoms with Crippen LogP contribution in [-0.4, -0.2) is 15.7 Å². The summed E-state index contributed by atoms with van der Waals surface area (Å²) in [5, 5.41) is 0. The molecule has 0 saturated heterocycles. The third-order valence-electron chi connectivity index (χ3n) is 7.98. The van der Waals surface area contributed by atoms with Crippen molar-refractivity contribution in [2.24, 2.45) is 23.2 Å². The first-order chi connectivity index (χ1) is 13.9. The summed E-state index contributed by atoms with van der Waals surface area (Å²) in [6, 6.07) is 9.06. The lowest BCUT2D eigenvalue weighted by Crippen LogP contribution is -2.53. The normalized spacial score (nSPS) is 31.9. The fourth-order valence-corrected chi connectivity index (χ4v) is 6.88. The van der Waals surface area contributed by atoms with Crippen molar-refractivity contribution in [3.63, 3.8) is 0 Å². The monoisotopic (exact) mass is 392 g/mol. The summed E-state index contributed by atoms with van der Waals surface area (Å²) >= 11 is 0. The van der Waals surface area contributed by atoms with Gasteiger partial charge in [-0.2, -0.15) is 0 Å². The van der Waals surface area contributed by atoms with Crippen molar-refractivity contribution in [3.05, 3.63) is 54.1 Å². The number of rotatable bonds is 6. The average molecular weight is 393 g/mol. The average Bonchev–Trinajstić information content (AvgIpc) is 3.17. The summed E-state index contributed by atoms with van der Waals surface area (Å²) in [5.74, 6) is 2.84. The van der Waals surface area contributed by atoms with Gasteiger partial charge in [-0.15, -0.1) is 0 Å². The van der Waals surface area contributed by atoms with Gasteiger partial charge in [0, 0.05) is 12.4 Å². The van der Waals surface area contributed by atoms with E-state index in [0.29, 0.717) is 12.0 Å². The third-order valence-corrected chi connectivity index (χ3v) is 7.98. The zero-order valence-corrected chi connectivity index (χ0v) is 18.3. The molecule has 1 aromatic heterocycles. The van der Waals surface area contributed by atoms with E-state index in [-0.39, 0.29) is 11.5 Å². The van der Waals surface area contributed by atoms with Gasteiger partial charge in [-0.3, -0.25) is 0 Å². The number of hydrogen-bond donors (Lipinski definition) is 0. The number of nitrogens with zero attached hydrogens (tertiary/aromatic N) is 2. The number of ether oxygens (including phenoxy) is 1. The SMILES string of the molecule is CC(C)(C)c1ccc(COC(Cn2ccnc2)C23CC4CC(CC(C4)C2)C3)cc1. The first kappa shape index (κ1) is 19.4. The van der Waals surface area contributed by atoms with Crippen molar-refractivity contribution in [3.8, 4) is 0 Å². The molecule has 1 aromatic carbocycles. The second-order valence-corrected chi connectivity index (χ2v) is 11.3. The van der Waals surface area contributed by atoms with E-state index in [1.165, 1.54) is 49.7 Å². The largest absolute Gasteiger partial charge is 0.371 e. The van der Waals surface area contributed by atoms with E-state index >= 15 is 0 Å². The summed E-state index contributed by atoms with van der Waals surface area (Å²) in [5.41, 5.74) is 3.25. The maximum Gasteiger partial charge on any atom is 0.0946 e. The van der Waals surface area contributed by atoms with Crippen LogP contribution in [0.1, 0.15) is 70.4 Å². The third kappa shape index (κ3) is 3.91. The van der Waals surface area contributed by atoms with Gasteiger partial charge in [-0.25, -0.2) is 4.98 Å². The van der Waals surface area contributed by atoms with Crippen LogP contribution in [0, 0.1) is 23.2 Å². The van der Waals surface area contributed by atoms with Crippen LogP contribution in [0.3, 0.4) is 0 Å². The van der Waals surface area contributed by atoms with E-state index < -0.39 is 0 Å². The molecule has 4 saturated carbocycles. The Kier molecular flexibility index (Phi) is 4.85. The van der Waals surface area contributed by atoms with Gasteiger partial charge >= 0.3 is 0 Å². The second kappa shape index (κ2) is 7.27. The summed E-state index contributed by atoms with van der Waals surface area (Å²) in [7, 11) is 0. The second-order valence-electron chi connectivity index (χ2n) is 11.3. The van der Waals surface area contributed by atoms with Gasteiger partial charge in [0.25, 0.3) is 0 Å². The molecule has 0 spiro atoms. The van der Waals surface area contributed by atoms with Gasteiger partial charge in [-0.05, 0) is 78.2 Å². The lowest BCUT2D eigenvalue weighted by Gasteiger charge is -2.59. The molecule has 0 aliphatic heterocycles. The maximum absolute atomic E-state index is 6.76. The molecule has 4 fully saturated rings. The lowest BCUT2D eigenvalue weighted by atomic mass is 9.48. The van der Waals surface area contributed by atoms with Crippen molar-refractivity contribution in [1.82, 2.24) is 9.55 Å². The standard InChI is InChI=1S/C26H36N2O/c1-25(2,3)23-6-4-19(5-7-23)17-29-24(16-28-9-8-27-18-28)26-13-20-10-21(14-26)12-22(11-20)15-26/h4-9,18,20-22,24H,10-17H2,1-3H3. The van der Waals surface area contributed by atoms with Gasteiger partial charge in [0.05, 0.1) is 25.6 Å². The minimum Gasteiger partial charge on any atom is -0.371 e. The van der Waals surface area contributed by atoms with E-state index in [2.05, 4.69) is 60.8 Å². The quantitative estimate of drug-likeness (QED) is 0.604. The molecule has 1 unspecified atom stereocenters. The molecule has 156 valence electrons. The van der Waals surface area contributed by atoms with Crippen molar-refractivity contribution in [2.45, 2.75) is 84.0 Å². The maximum atomic E-state index is 6.76. The van der Waals surface area contributed by atoms with Crippen molar-refractivity contribution < 1.29 is 4.74 Å². The number of hydrogen-bond acceptors (Lipinski definition) is 2. The Morgan fingerprint density at radius 2 is 1.66 bits per heavy atom. The number of aromatic nitrogens is 2. The first-order valence-corrected chi connectivity index (χ1v) is 11.6. The fraction of sp³-hybridized carbons (Fsp3) is 0.654. The Hall–Kier alpha value is -1.61. The molecule has 0 radical (unpaired) electrons. The molecule has 4 aliphatic rings. The molecular weight excluding hydrogens is 356 g/mol. The van der Waals surface area contributed by atoms with Crippen LogP contribution in [0.25, 0.3) is 0 Å². The molecule has 4 bridgehead atoms. The van der Waals surface area contributed by atoms with Gasteiger partial charge < -0.3 is 9.30 Å². The summed E-state index contributed by atoms with van der Waals surface area (Å²) < 4.78 is 8.99. The number of imidazole rings is 1. The molecule has 29 heavy (non-hydrogen) atoms. The molecule has 2 aromatic rings. The number of benzene rings is 1. The zero-order valence-electron chi connectivity index (χ0n) is 18.3. The van der Waals surface area contributed by atoms with Gasteiger partial charge in [0.15, 0.2) is 0 Å². The Morgan fingerprint density at radius 1 is 1.03 bits per heavy atom. The van der Waals surface area contributed by atoms with Crippen LogP contribution in [0.15, 0.2) is 43.0 Å². The fourth-order valence-electron chi connectivity index (χ4n) is 6.88. The minimum absolute atomic E-state index is 0.197. The summed E-state index contributed by atoms with van der Waals surface area (Å²) in [6.07, 6.45) is 14.8. The molecule has 3 heteroatoms. The molecule has 0 amide bonds. The highest BCUT2D eigenvalue weighted by atomic mass is 16.5. The Morgan fingerprint density at radius 3 is 2.17 bits per heavy atom. The molecule has 3 nitrogen and oxygen atoms in total. The zero-order chi connectivity index (χ0) is 20.1. The minimum atomic E-state index is 0.197. The van der Waals surface area contributed by atoms with Crippen LogP contribution in [0.2, 0.25) is 0 Å². The Balaban J connectivity index is 1.34. The highest BCUT2D eigenvalue weighted by molar-refractivity contribution is 5.27. The van der Waals surface area contributed by atoms with E-state index in [4.69, 9.17) is 4.74 Å². The van der Waals surface area contributed by atoms with Crippen molar-refractivity contribution >= 4 is 0 Å². The van der Waals surface area contributed by atoms with Crippen molar-refractivity contribution in [1.29, 1.82) is 0 Å². The Bertz CT molecular complexity index is 780. The van der Waals surface area contributed by atoms with Gasteiger partial charge in [-0.1, -0.05) is 45.0 Å². The molecule has 6 rings (SSSR count). The van der Waals surface area contributed by atoms with E-state index in [9.17, 15) is 0 Å². The van der Waals surface area contributed by atoms with Crippen molar-refractivity contribution in [2.75, 3.05) is 0 Å². The first-order valence-electron chi connectivity index (χ1n) is 11.6. The van der Waals surface area contributed by atoms with E-state index in [1.807, 2.05) is 12.5 Å². The van der Waals surface area contributed by atoms with Gasteiger partial charge in [0.1, 0.15) is 0 Å². The lowest BCUT2D eigenvalue weighted by molar-refractivity contribution is -0.151. The van der Waals surface area contributed by atoms with Crippen LogP contribution in [-0.2, 0) is 23.3 Å². The van der Waals surface area contributed by atoms with Crippen LogP contribution >= 0.6 is 0 Å². The molecule has 1 atom stereocenters.